The summed E-state index contributed by atoms with van der Waals surface area (Å²) in [4.78, 5) is 4.42. The first-order valence-electron chi connectivity index (χ1n) is 5.75. The zero-order valence-electron chi connectivity index (χ0n) is 9.77. The Balaban J connectivity index is 2.14. The second kappa shape index (κ2) is 5.65. The van der Waals surface area contributed by atoms with Gasteiger partial charge in [-0.1, -0.05) is 12.2 Å². The number of nitrogens with zero attached hydrogens (tertiary/aromatic N) is 1. The molecule has 0 saturated carbocycles. The Kier molecular flexibility index (Phi) is 4.18. The Bertz CT molecular complexity index is 420. The van der Waals surface area contributed by atoms with Gasteiger partial charge in [0, 0.05) is 10.5 Å². The van der Waals surface area contributed by atoms with Crippen molar-refractivity contribution in [2.24, 2.45) is 5.92 Å². The Hall–Kier alpha value is -0.870. The molecule has 1 aromatic rings. The highest BCUT2D eigenvalue weighted by Crippen LogP contribution is 2.27. The molecule has 1 aliphatic rings. The SMILES string of the molecule is COc1ccc(Br)c(CC2CCC=CC2O)n1. The maximum atomic E-state index is 9.89. The molecule has 0 spiro atoms. The molecular weight excluding hydrogens is 282 g/mol. The number of halogens is 1. The molecule has 0 saturated heterocycles. The molecule has 1 aliphatic carbocycles. The van der Waals surface area contributed by atoms with E-state index >= 15 is 0 Å². The van der Waals surface area contributed by atoms with Crippen LogP contribution < -0.4 is 4.74 Å². The summed E-state index contributed by atoms with van der Waals surface area (Å²) in [6.07, 6.45) is 6.36. The zero-order chi connectivity index (χ0) is 12.3. The third-order valence-electron chi connectivity index (χ3n) is 3.08. The number of hydrogen-bond acceptors (Lipinski definition) is 3. The first-order valence-corrected chi connectivity index (χ1v) is 6.54. The first-order chi connectivity index (χ1) is 8.20. The highest BCUT2D eigenvalue weighted by molar-refractivity contribution is 9.10. The highest BCUT2D eigenvalue weighted by Gasteiger charge is 2.21. The average Bonchev–Trinajstić information content (AvgIpc) is 2.35. The minimum atomic E-state index is -0.358. The van der Waals surface area contributed by atoms with Crippen LogP contribution in [0.5, 0.6) is 5.88 Å². The third-order valence-corrected chi connectivity index (χ3v) is 3.80. The molecule has 0 aromatic carbocycles. The first kappa shape index (κ1) is 12.6. The lowest BCUT2D eigenvalue weighted by atomic mass is 9.88. The lowest BCUT2D eigenvalue weighted by Gasteiger charge is -2.23. The Morgan fingerprint density at radius 2 is 2.35 bits per heavy atom. The molecule has 3 nitrogen and oxygen atoms in total. The number of ether oxygens (including phenoxy) is 1. The number of aromatic nitrogens is 1. The maximum Gasteiger partial charge on any atom is 0.213 e. The Labute approximate surface area is 110 Å². The summed E-state index contributed by atoms with van der Waals surface area (Å²) in [6.45, 7) is 0. The molecule has 0 amide bonds. The van der Waals surface area contributed by atoms with Crippen molar-refractivity contribution in [3.63, 3.8) is 0 Å². The van der Waals surface area contributed by atoms with Crippen LogP contribution in [-0.2, 0) is 6.42 Å². The van der Waals surface area contributed by atoms with Crippen LogP contribution in [-0.4, -0.2) is 23.3 Å². The second-order valence-corrected chi connectivity index (χ2v) is 5.10. The molecule has 1 heterocycles. The van der Waals surface area contributed by atoms with Crippen molar-refractivity contribution in [2.75, 3.05) is 7.11 Å². The maximum absolute atomic E-state index is 9.89. The number of methoxy groups -OCH3 is 1. The van der Waals surface area contributed by atoms with Crippen molar-refractivity contribution in [3.05, 3.63) is 34.5 Å². The molecule has 1 aromatic heterocycles. The fourth-order valence-corrected chi connectivity index (χ4v) is 2.45. The van der Waals surface area contributed by atoms with Crippen LogP contribution in [0.15, 0.2) is 28.8 Å². The number of pyridine rings is 1. The molecule has 0 fully saturated rings. The topological polar surface area (TPSA) is 42.4 Å². The van der Waals surface area contributed by atoms with Gasteiger partial charge in [0.05, 0.1) is 18.9 Å². The quantitative estimate of drug-likeness (QED) is 0.873. The lowest BCUT2D eigenvalue weighted by Crippen LogP contribution is -2.23. The van der Waals surface area contributed by atoms with Crippen LogP contribution in [0, 0.1) is 5.92 Å². The van der Waals surface area contributed by atoms with Crippen molar-refractivity contribution in [1.29, 1.82) is 0 Å². The summed E-state index contributed by atoms with van der Waals surface area (Å²) in [7, 11) is 1.61. The van der Waals surface area contributed by atoms with Gasteiger partial charge in [-0.25, -0.2) is 4.98 Å². The zero-order valence-corrected chi connectivity index (χ0v) is 11.4. The van der Waals surface area contributed by atoms with Crippen LogP contribution in [0.2, 0.25) is 0 Å². The fourth-order valence-electron chi connectivity index (χ4n) is 2.07. The summed E-state index contributed by atoms with van der Waals surface area (Å²) in [5.41, 5.74) is 0.948. The van der Waals surface area contributed by atoms with Gasteiger partial charge in [-0.2, -0.15) is 0 Å². The van der Waals surface area contributed by atoms with Crippen molar-refractivity contribution >= 4 is 15.9 Å². The lowest BCUT2D eigenvalue weighted by molar-refractivity contribution is 0.139. The second-order valence-electron chi connectivity index (χ2n) is 4.24. The van der Waals surface area contributed by atoms with Gasteiger partial charge >= 0.3 is 0 Å². The summed E-state index contributed by atoms with van der Waals surface area (Å²) in [6, 6.07) is 3.76. The standard InChI is InChI=1S/C13H16BrNO2/c1-17-13-7-6-10(14)11(15-13)8-9-4-2-3-5-12(9)16/h3,5-7,9,12,16H,2,4,8H2,1H3. The molecule has 0 bridgehead atoms. The van der Waals surface area contributed by atoms with Crippen LogP contribution in [0.25, 0.3) is 0 Å². The van der Waals surface area contributed by atoms with Crippen LogP contribution in [0.1, 0.15) is 18.5 Å². The molecule has 1 N–H and O–H groups in total. The number of aliphatic hydroxyl groups excluding tert-OH is 1. The minimum absolute atomic E-state index is 0.246. The molecule has 92 valence electrons. The van der Waals surface area contributed by atoms with E-state index in [0.717, 1.165) is 29.4 Å². The molecule has 0 aliphatic heterocycles. The van der Waals surface area contributed by atoms with Gasteiger partial charge in [0.1, 0.15) is 0 Å². The summed E-state index contributed by atoms with van der Waals surface area (Å²) in [5.74, 6) is 0.861. The van der Waals surface area contributed by atoms with E-state index in [4.69, 9.17) is 4.74 Å². The van der Waals surface area contributed by atoms with Crippen molar-refractivity contribution in [2.45, 2.75) is 25.4 Å². The Morgan fingerprint density at radius 3 is 3.06 bits per heavy atom. The van der Waals surface area contributed by atoms with Crippen LogP contribution in [0.4, 0.5) is 0 Å². The van der Waals surface area contributed by atoms with E-state index in [1.807, 2.05) is 24.3 Å². The van der Waals surface area contributed by atoms with E-state index in [9.17, 15) is 5.11 Å². The molecule has 4 heteroatoms. The van der Waals surface area contributed by atoms with E-state index in [1.54, 1.807) is 7.11 Å². The van der Waals surface area contributed by atoms with E-state index in [0.29, 0.717) is 5.88 Å². The van der Waals surface area contributed by atoms with Gasteiger partial charge in [0.15, 0.2) is 0 Å². The molecule has 2 rings (SSSR count). The smallest absolute Gasteiger partial charge is 0.213 e. The van der Waals surface area contributed by atoms with Crippen LogP contribution in [0.3, 0.4) is 0 Å². The monoisotopic (exact) mass is 297 g/mol. The predicted octanol–water partition coefficient (Wildman–Crippen LogP) is 2.72. The van der Waals surface area contributed by atoms with Crippen molar-refractivity contribution < 1.29 is 9.84 Å². The van der Waals surface area contributed by atoms with E-state index < -0.39 is 0 Å². The highest BCUT2D eigenvalue weighted by atomic mass is 79.9. The normalized spacial score (nSPS) is 23.7. The number of allylic oxidation sites excluding steroid dienone is 1. The third kappa shape index (κ3) is 3.07. The predicted molar refractivity (Wildman–Crippen MR) is 70.1 cm³/mol. The van der Waals surface area contributed by atoms with Gasteiger partial charge in [0.25, 0.3) is 0 Å². The summed E-state index contributed by atoms with van der Waals surface area (Å²) in [5, 5.41) is 9.89. The van der Waals surface area contributed by atoms with E-state index in [2.05, 4.69) is 20.9 Å². The number of aliphatic hydroxyl groups is 1. The number of rotatable bonds is 3. The van der Waals surface area contributed by atoms with Crippen molar-refractivity contribution in [3.8, 4) is 5.88 Å². The van der Waals surface area contributed by atoms with Gasteiger partial charge in [-0.05, 0) is 47.2 Å². The molecule has 2 unspecified atom stereocenters. The molecule has 17 heavy (non-hydrogen) atoms. The molecule has 2 atom stereocenters. The molecular formula is C13H16BrNO2. The largest absolute Gasteiger partial charge is 0.481 e. The van der Waals surface area contributed by atoms with Crippen molar-refractivity contribution in [1.82, 2.24) is 4.98 Å². The van der Waals surface area contributed by atoms with Gasteiger partial charge < -0.3 is 9.84 Å². The minimum Gasteiger partial charge on any atom is -0.481 e. The fraction of sp³-hybridized carbons (Fsp3) is 0.462. The number of hydrogen-bond donors (Lipinski definition) is 1. The summed E-state index contributed by atoms with van der Waals surface area (Å²) >= 11 is 3.49. The average molecular weight is 298 g/mol. The van der Waals surface area contributed by atoms with Gasteiger partial charge in [-0.15, -0.1) is 0 Å². The Morgan fingerprint density at radius 1 is 1.53 bits per heavy atom. The molecule has 0 radical (unpaired) electrons. The van der Waals surface area contributed by atoms with E-state index in [1.165, 1.54) is 0 Å². The van der Waals surface area contributed by atoms with E-state index in [-0.39, 0.29) is 12.0 Å². The van der Waals surface area contributed by atoms with Crippen LogP contribution >= 0.6 is 15.9 Å². The van der Waals surface area contributed by atoms with Gasteiger partial charge in [-0.3, -0.25) is 0 Å². The summed E-state index contributed by atoms with van der Waals surface area (Å²) < 4.78 is 6.09. The van der Waals surface area contributed by atoms with Gasteiger partial charge in [0.2, 0.25) is 5.88 Å².